The number of carbonyl (C=O) groups is 3. The maximum atomic E-state index is 14.7. The van der Waals surface area contributed by atoms with Crippen LogP contribution in [0.15, 0.2) is 49.6 Å². The van der Waals surface area contributed by atoms with Gasteiger partial charge >= 0.3 is 0 Å². The van der Waals surface area contributed by atoms with Gasteiger partial charge in [-0.15, -0.1) is 24.9 Å². The number of aliphatic hydroxyl groups is 1. The summed E-state index contributed by atoms with van der Waals surface area (Å²) in [4.78, 5) is 49.0. The molecule has 0 saturated carbocycles. The summed E-state index contributed by atoms with van der Waals surface area (Å²) in [6, 6.07) is 6.20. The van der Waals surface area contributed by atoms with Crippen molar-refractivity contribution in [1.82, 2.24) is 9.80 Å². The van der Waals surface area contributed by atoms with E-state index in [-0.39, 0.29) is 35.5 Å². The van der Waals surface area contributed by atoms with E-state index >= 15 is 0 Å². The van der Waals surface area contributed by atoms with Gasteiger partial charge in [-0.2, -0.15) is 0 Å². The third kappa shape index (κ3) is 6.45. The molecule has 1 aromatic rings. The molecule has 3 aliphatic rings. The van der Waals surface area contributed by atoms with Crippen LogP contribution in [0.4, 0.5) is 5.69 Å². The standard InChI is InChI=1S/C35H51N3O5S/c1-7-11-12-21-36(19-8-2)34(42)31-35-18-17-28(44-35)29(30(35)33(41)38(31)26(23-39)22-24(5)6)32(40)37(20-9-3)25-13-15-27(16-14-25)43-10-4/h8-9,13-16,24,26,28-31,39H,2-3,7,10-12,17-23H2,1,4-6H3/t26-,28+,29-,30+,31?,35?/m1/s1. The minimum absolute atomic E-state index is 0.0606. The van der Waals surface area contributed by atoms with Gasteiger partial charge < -0.3 is 24.5 Å². The number of carbonyl (C=O) groups excluding carboxylic acids is 3. The van der Waals surface area contributed by atoms with Crippen LogP contribution in [0.5, 0.6) is 5.75 Å². The van der Waals surface area contributed by atoms with E-state index in [1.165, 1.54) is 0 Å². The monoisotopic (exact) mass is 625 g/mol. The quantitative estimate of drug-likeness (QED) is 0.187. The molecule has 3 aliphatic heterocycles. The van der Waals surface area contributed by atoms with Crippen LogP contribution < -0.4 is 9.64 Å². The number of thioether (sulfide) groups is 1. The summed E-state index contributed by atoms with van der Waals surface area (Å²) in [5.74, 6) is -0.642. The summed E-state index contributed by atoms with van der Waals surface area (Å²) in [5, 5.41) is 10.5. The molecule has 1 spiro atoms. The van der Waals surface area contributed by atoms with E-state index in [0.29, 0.717) is 39.1 Å². The van der Waals surface area contributed by atoms with Crippen LogP contribution >= 0.6 is 11.8 Å². The molecule has 6 atom stereocenters. The van der Waals surface area contributed by atoms with Crippen LogP contribution in [0.1, 0.15) is 66.2 Å². The van der Waals surface area contributed by atoms with Gasteiger partial charge in [-0.1, -0.05) is 45.8 Å². The van der Waals surface area contributed by atoms with E-state index in [4.69, 9.17) is 4.74 Å². The van der Waals surface area contributed by atoms with E-state index < -0.39 is 28.7 Å². The van der Waals surface area contributed by atoms with Crippen LogP contribution in [0.2, 0.25) is 0 Å². The van der Waals surface area contributed by atoms with E-state index in [9.17, 15) is 19.5 Å². The number of rotatable bonds is 17. The Bertz CT molecular complexity index is 1190. The smallest absolute Gasteiger partial charge is 0.247 e. The van der Waals surface area contributed by atoms with Crippen molar-refractivity contribution in [3.05, 3.63) is 49.6 Å². The van der Waals surface area contributed by atoms with Crippen molar-refractivity contribution in [1.29, 1.82) is 0 Å². The molecule has 44 heavy (non-hydrogen) atoms. The lowest BCUT2D eigenvalue weighted by molar-refractivity contribution is -0.146. The van der Waals surface area contributed by atoms with Gasteiger partial charge in [-0.05, 0) is 62.8 Å². The van der Waals surface area contributed by atoms with Crippen molar-refractivity contribution < 1.29 is 24.2 Å². The number of nitrogens with zero attached hydrogens (tertiary/aromatic N) is 3. The first-order valence-corrected chi connectivity index (χ1v) is 17.2. The Labute approximate surface area is 267 Å². The minimum Gasteiger partial charge on any atom is -0.494 e. The second kappa shape index (κ2) is 15.0. The zero-order chi connectivity index (χ0) is 32.0. The highest BCUT2D eigenvalue weighted by molar-refractivity contribution is 8.02. The predicted molar refractivity (Wildman–Crippen MR) is 178 cm³/mol. The SMILES string of the molecule is C=CCN(CCCCC)C(=O)C1N([C@@H](CO)CC(C)C)C(=O)[C@@H]2[C@H](C(=O)N(CC=C)c3ccc(OCC)cc3)[C@@H]3CCC12S3. The highest BCUT2D eigenvalue weighted by Gasteiger charge is 2.74. The van der Waals surface area contributed by atoms with Crippen LogP contribution in [-0.2, 0) is 14.4 Å². The molecule has 2 unspecified atom stereocenters. The second-order valence-corrected chi connectivity index (χ2v) is 14.3. The lowest BCUT2D eigenvalue weighted by atomic mass is 9.70. The first-order valence-electron chi connectivity index (χ1n) is 16.3. The van der Waals surface area contributed by atoms with Crippen molar-refractivity contribution in [2.75, 3.05) is 37.7 Å². The number of aliphatic hydroxyl groups excluding tert-OH is 1. The first kappa shape index (κ1) is 34.1. The number of ether oxygens (including phenoxy) is 1. The van der Waals surface area contributed by atoms with Gasteiger partial charge in [0, 0.05) is 30.6 Å². The van der Waals surface area contributed by atoms with Gasteiger partial charge in [0.2, 0.25) is 17.7 Å². The van der Waals surface area contributed by atoms with Gasteiger partial charge in [0.25, 0.3) is 0 Å². The zero-order valence-corrected chi connectivity index (χ0v) is 27.8. The molecule has 2 bridgehead atoms. The van der Waals surface area contributed by atoms with Crippen LogP contribution in [0.25, 0.3) is 0 Å². The molecule has 1 N–H and O–H groups in total. The van der Waals surface area contributed by atoms with Gasteiger partial charge in [-0.25, -0.2) is 0 Å². The Morgan fingerprint density at radius 1 is 1.14 bits per heavy atom. The molecule has 1 aromatic carbocycles. The van der Waals surface area contributed by atoms with Crippen molar-refractivity contribution in [2.24, 2.45) is 17.8 Å². The molecule has 8 nitrogen and oxygen atoms in total. The van der Waals surface area contributed by atoms with E-state index in [2.05, 4.69) is 33.9 Å². The molecular weight excluding hydrogens is 574 g/mol. The van der Waals surface area contributed by atoms with E-state index in [1.807, 2.05) is 36.1 Å². The van der Waals surface area contributed by atoms with Crippen LogP contribution in [0.3, 0.4) is 0 Å². The molecule has 0 aliphatic carbocycles. The molecular formula is C35H51N3O5S. The maximum absolute atomic E-state index is 14.7. The van der Waals surface area contributed by atoms with Gasteiger partial charge in [0.1, 0.15) is 11.8 Å². The van der Waals surface area contributed by atoms with Crippen molar-refractivity contribution in [2.45, 2.75) is 88.3 Å². The molecule has 0 radical (unpaired) electrons. The summed E-state index contributed by atoms with van der Waals surface area (Å²) < 4.78 is 4.89. The van der Waals surface area contributed by atoms with E-state index in [1.54, 1.807) is 33.7 Å². The number of hydrogen-bond acceptors (Lipinski definition) is 6. The Kier molecular flexibility index (Phi) is 11.6. The number of hydrogen-bond donors (Lipinski definition) is 1. The summed E-state index contributed by atoms with van der Waals surface area (Å²) in [7, 11) is 0. The second-order valence-electron chi connectivity index (χ2n) is 12.7. The van der Waals surface area contributed by atoms with Crippen LogP contribution in [0, 0.1) is 17.8 Å². The molecule has 3 amide bonds. The topological polar surface area (TPSA) is 90.4 Å². The molecule has 0 aromatic heterocycles. The fraction of sp³-hybridized carbons (Fsp3) is 0.629. The van der Waals surface area contributed by atoms with Crippen molar-refractivity contribution in [3.63, 3.8) is 0 Å². The van der Waals surface area contributed by atoms with Gasteiger partial charge in [0.15, 0.2) is 0 Å². The van der Waals surface area contributed by atoms with E-state index in [0.717, 1.165) is 37.1 Å². The Morgan fingerprint density at radius 3 is 2.43 bits per heavy atom. The fourth-order valence-corrected chi connectivity index (χ4v) is 9.75. The van der Waals surface area contributed by atoms with Gasteiger partial charge in [0.05, 0.1) is 35.8 Å². The summed E-state index contributed by atoms with van der Waals surface area (Å²) in [5.41, 5.74) is 0.719. The summed E-state index contributed by atoms with van der Waals surface area (Å²) >= 11 is 1.67. The third-order valence-electron chi connectivity index (χ3n) is 9.33. The fourth-order valence-electron chi connectivity index (χ4n) is 7.56. The summed E-state index contributed by atoms with van der Waals surface area (Å²) in [6.07, 6.45) is 8.39. The molecule has 4 rings (SSSR count). The highest BCUT2D eigenvalue weighted by Crippen LogP contribution is 2.67. The number of unbranched alkanes of at least 4 members (excludes halogenated alkanes) is 2. The largest absolute Gasteiger partial charge is 0.494 e. The maximum Gasteiger partial charge on any atom is 0.247 e. The minimum atomic E-state index is -0.733. The Balaban J connectivity index is 1.75. The summed E-state index contributed by atoms with van der Waals surface area (Å²) in [6.45, 7) is 17.6. The van der Waals surface area contributed by atoms with Crippen LogP contribution in [-0.4, -0.2) is 87.6 Å². The molecule has 3 saturated heterocycles. The zero-order valence-electron chi connectivity index (χ0n) is 27.0. The van der Waals surface area contributed by atoms with Gasteiger partial charge in [-0.3, -0.25) is 14.4 Å². The molecule has 3 fully saturated rings. The first-order chi connectivity index (χ1) is 21.2. The number of anilines is 1. The number of amides is 3. The number of likely N-dealkylation sites (tertiary alicyclic amines) is 1. The number of benzene rings is 1. The average molecular weight is 626 g/mol. The lowest BCUT2D eigenvalue weighted by Gasteiger charge is -2.40. The predicted octanol–water partition coefficient (Wildman–Crippen LogP) is 5.31. The molecule has 242 valence electrons. The normalized spacial score (nSPS) is 26.0. The third-order valence-corrected chi connectivity index (χ3v) is 11.3. The Morgan fingerprint density at radius 2 is 1.84 bits per heavy atom. The Hall–Kier alpha value is -2.78. The lowest BCUT2D eigenvalue weighted by Crippen LogP contribution is -2.57. The molecule has 9 heteroatoms. The number of fused-ring (bicyclic) bond motifs is 1. The van der Waals surface area contributed by atoms with Crippen molar-refractivity contribution in [3.8, 4) is 5.75 Å². The molecule has 3 heterocycles. The highest BCUT2D eigenvalue weighted by atomic mass is 32.2. The van der Waals surface area contributed by atoms with Crippen molar-refractivity contribution >= 4 is 35.2 Å². The average Bonchev–Trinajstić information content (AvgIpc) is 3.65.